The van der Waals surface area contributed by atoms with Crippen molar-refractivity contribution in [2.45, 2.75) is 0 Å². The van der Waals surface area contributed by atoms with Gasteiger partial charge in [-0.15, -0.1) is 0 Å². The molecule has 0 bridgehead atoms. The molecule has 0 saturated carbocycles. The van der Waals surface area contributed by atoms with Crippen LogP contribution < -0.4 is 5.32 Å². The molecule has 0 fully saturated rings. The minimum absolute atomic E-state index is 0.312. The minimum atomic E-state index is -0.423. The van der Waals surface area contributed by atoms with E-state index in [0.717, 1.165) is 0 Å². The summed E-state index contributed by atoms with van der Waals surface area (Å²) in [6.45, 7) is 0. The lowest BCUT2D eigenvalue weighted by Gasteiger charge is -2.08. The van der Waals surface area contributed by atoms with Gasteiger partial charge in [-0.25, -0.2) is 4.39 Å². The van der Waals surface area contributed by atoms with Crippen LogP contribution in [0.2, 0.25) is 10.0 Å². The number of benzene rings is 2. The first kappa shape index (κ1) is 14.3. The zero-order valence-corrected chi connectivity index (χ0v) is 12.5. The summed E-state index contributed by atoms with van der Waals surface area (Å²) in [7, 11) is 0. The Morgan fingerprint density at radius 1 is 1.16 bits per heavy atom. The number of carbonyl (C=O) groups excluding carboxylic acids is 1. The molecular formula is C13H7BrCl2FNO. The molecule has 0 heterocycles. The summed E-state index contributed by atoms with van der Waals surface area (Å²) in [4.78, 5) is 12.0. The molecule has 0 saturated heterocycles. The Balaban J connectivity index is 2.25. The van der Waals surface area contributed by atoms with E-state index >= 15 is 0 Å². The number of anilines is 1. The lowest BCUT2D eigenvalue weighted by molar-refractivity contribution is 0.102. The maximum absolute atomic E-state index is 12.9. The van der Waals surface area contributed by atoms with Crippen LogP contribution >= 0.6 is 39.1 Å². The first-order chi connectivity index (χ1) is 8.97. The van der Waals surface area contributed by atoms with E-state index in [-0.39, 0.29) is 0 Å². The predicted octanol–water partition coefficient (Wildman–Crippen LogP) is 5.15. The van der Waals surface area contributed by atoms with E-state index < -0.39 is 11.7 Å². The first-order valence-electron chi connectivity index (χ1n) is 5.19. The van der Waals surface area contributed by atoms with E-state index in [1.807, 2.05) is 0 Å². The SMILES string of the molecule is O=C(Nc1ccc(Cl)cc1Cl)c1ccc(F)cc1Br. The lowest BCUT2D eigenvalue weighted by atomic mass is 10.2. The van der Waals surface area contributed by atoms with Crippen molar-refractivity contribution < 1.29 is 9.18 Å². The summed E-state index contributed by atoms with van der Waals surface area (Å²) in [5.74, 6) is -0.816. The maximum Gasteiger partial charge on any atom is 0.256 e. The highest BCUT2D eigenvalue weighted by atomic mass is 79.9. The second kappa shape index (κ2) is 5.90. The predicted molar refractivity (Wildman–Crippen MR) is 78.5 cm³/mol. The van der Waals surface area contributed by atoms with Crippen LogP contribution in [0.25, 0.3) is 0 Å². The molecule has 2 aromatic carbocycles. The monoisotopic (exact) mass is 361 g/mol. The van der Waals surface area contributed by atoms with Crippen LogP contribution in [0.1, 0.15) is 10.4 Å². The Bertz CT molecular complexity index is 649. The summed E-state index contributed by atoms with van der Waals surface area (Å²) in [6.07, 6.45) is 0. The molecule has 2 aromatic rings. The van der Waals surface area contributed by atoms with E-state index in [9.17, 15) is 9.18 Å². The molecule has 0 aromatic heterocycles. The van der Waals surface area contributed by atoms with Crippen LogP contribution in [0.15, 0.2) is 40.9 Å². The average Bonchev–Trinajstić information content (AvgIpc) is 2.32. The van der Waals surface area contributed by atoms with Crippen molar-refractivity contribution in [1.29, 1.82) is 0 Å². The lowest BCUT2D eigenvalue weighted by Crippen LogP contribution is -2.13. The Hall–Kier alpha value is -1.10. The van der Waals surface area contributed by atoms with Crippen LogP contribution in [-0.4, -0.2) is 5.91 Å². The number of halogens is 4. The van der Waals surface area contributed by atoms with Gasteiger partial charge in [0.25, 0.3) is 5.91 Å². The maximum atomic E-state index is 12.9. The van der Waals surface area contributed by atoms with Gasteiger partial charge in [-0.2, -0.15) is 0 Å². The molecule has 1 N–H and O–H groups in total. The van der Waals surface area contributed by atoms with Crippen LogP contribution in [0.5, 0.6) is 0 Å². The van der Waals surface area contributed by atoms with Crippen molar-refractivity contribution in [2.24, 2.45) is 0 Å². The number of nitrogens with one attached hydrogen (secondary N) is 1. The van der Waals surface area contributed by atoms with Gasteiger partial charge in [-0.3, -0.25) is 4.79 Å². The summed E-state index contributed by atoms with van der Waals surface area (Å²) in [5.41, 5.74) is 0.750. The fraction of sp³-hybridized carbons (Fsp3) is 0. The van der Waals surface area contributed by atoms with Gasteiger partial charge in [-0.1, -0.05) is 23.2 Å². The molecule has 0 atom stereocenters. The van der Waals surface area contributed by atoms with Gasteiger partial charge in [0.05, 0.1) is 16.3 Å². The highest BCUT2D eigenvalue weighted by Gasteiger charge is 2.12. The summed E-state index contributed by atoms with van der Waals surface area (Å²) < 4.78 is 13.3. The van der Waals surface area contributed by atoms with Gasteiger partial charge < -0.3 is 5.32 Å². The van der Waals surface area contributed by atoms with Gasteiger partial charge in [0.15, 0.2) is 0 Å². The van der Waals surface area contributed by atoms with Crippen molar-refractivity contribution in [3.63, 3.8) is 0 Å². The van der Waals surface area contributed by atoms with Crippen molar-refractivity contribution in [2.75, 3.05) is 5.32 Å². The molecule has 98 valence electrons. The van der Waals surface area contributed by atoms with Crippen molar-refractivity contribution in [1.82, 2.24) is 0 Å². The molecule has 0 radical (unpaired) electrons. The minimum Gasteiger partial charge on any atom is -0.321 e. The van der Waals surface area contributed by atoms with E-state index in [1.165, 1.54) is 24.3 Å². The molecule has 19 heavy (non-hydrogen) atoms. The van der Waals surface area contributed by atoms with Gasteiger partial charge in [0, 0.05) is 9.50 Å². The number of rotatable bonds is 2. The Morgan fingerprint density at radius 3 is 2.53 bits per heavy atom. The topological polar surface area (TPSA) is 29.1 Å². The first-order valence-corrected chi connectivity index (χ1v) is 6.74. The van der Waals surface area contributed by atoms with Gasteiger partial charge in [-0.05, 0) is 52.3 Å². The summed E-state index contributed by atoms with van der Waals surface area (Å²) in [5, 5.41) is 3.44. The molecule has 2 rings (SSSR count). The van der Waals surface area contributed by atoms with Crippen molar-refractivity contribution in [3.05, 3.63) is 62.3 Å². The Morgan fingerprint density at radius 2 is 1.89 bits per heavy atom. The third-order valence-electron chi connectivity index (χ3n) is 2.36. The second-order valence-electron chi connectivity index (χ2n) is 3.70. The van der Waals surface area contributed by atoms with Crippen LogP contribution in [0, 0.1) is 5.82 Å². The molecule has 2 nitrogen and oxygen atoms in total. The number of amides is 1. The largest absolute Gasteiger partial charge is 0.321 e. The molecule has 0 spiro atoms. The Kier molecular flexibility index (Phi) is 4.45. The molecule has 0 aliphatic rings. The number of hydrogen-bond donors (Lipinski definition) is 1. The third kappa shape index (κ3) is 3.47. The molecule has 0 aliphatic carbocycles. The molecule has 0 unspecified atom stereocenters. The van der Waals surface area contributed by atoms with Gasteiger partial charge in [0.2, 0.25) is 0 Å². The zero-order valence-electron chi connectivity index (χ0n) is 9.38. The van der Waals surface area contributed by atoms with Crippen molar-refractivity contribution >= 4 is 50.7 Å². The summed E-state index contributed by atoms with van der Waals surface area (Å²) in [6, 6.07) is 8.56. The molecule has 1 amide bonds. The highest BCUT2D eigenvalue weighted by molar-refractivity contribution is 9.10. The highest BCUT2D eigenvalue weighted by Crippen LogP contribution is 2.26. The molecular weight excluding hydrogens is 356 g/mol. The van der Waals surface area contributed by atoms with E-state index in [1.54, 1.807) is 12.1 Å². The third-order valence-corrected chi connectivity index (χ3v) is 3.56. The average molecular weight is 363 g/mol. The standard InChI is InChI=1S/C13H7BrCl2FNO/c14-10-6-8(17)2-3-9(10)13(19)18-12-4-1-7(15)5-11(12)16/h1-6H,(H,18,19). The molecule has 0 aliphatic heterocycles. The zero-order chi connectivity index (χ0) is 14.0. The fourth-order valence-electron chi connectivity index (χ4n) is 1.45. The smallest absolute Gasteiger partial charge is 0.256 e. The number of hydrogen-bond acceptors (Lipinski definition) is 1. The van der Waals surface area contributed by atoms with E-state index in [2.05, 4.69) is 21.2 Å². The summed E-state index contributed by atoms with van der Waals surface area (Å²) >= 11 is 14.9. The van der Waals surface area contributed by atoms with Gasteiger partial charge in [0.1, 0.15) is 5.82 Å². The Labute approximate surface area is 127 Å². The van der Waals surface area contributed by atoms with E-state index in [4.69, 9.17) is 23.2 Å². The molecule has 6 heteroatoms. The second-order valence-corrected chi connectivity index (χ2v) is 5.40. The van der Waals surface area contributed by atoms with Crippen LogP contribution in [0.3, 0.4) is 0 Å². The van der Waals surface area contributed by atoms with Crippen molar-refractivity contribution in [3.8, 4) is 0 Å². The number of carbonyl (C=O) groups is 1. The van der Waals surface area contributed by atoms with E-state index in [0.29, 0.717) is 25.8 Å². The quantitative estimate of drug-likeness (QED) is 0.786. The fourth-order valence-corrected chi connectivity index (χ4v) is 2.44. The van der Waals surface area contributed by atoms with Gasteiger partial charge >= 0.3 is 0 Å². The van der Waals surface area contributed by atoms with Crippen LogP contribution in [0.4, 0.5) is 10.1 Å². The van der Waals surface area contributed by atoms with Crippen LogP contribution in [-0.2, 0) is 0 Å². The normalized spacial score (nSPS) is 10.3.